The van der Waals surface area contributed by atoms with Gasteiger partial charge in [-0.25, -0.2) is 0 Å². The molecule has 0 aliphatic heterocycles. The van der Waals surface area contributed by atoms with Gasteiger partial charge in [-0.05, 0) is 31.5 Å². The summed E-state index contributed by atoms with van der Waals surface area (Å²) in [4.78, 5) is 17.3. The SMILES string of the molecule is CC(Sc1ccnc2cc(Cl)ccc12)C(=O)NCCCO. The third-order valence-corrected chi connectivity index (χ3v) is 4.38. The normalized spacial score (nSPS) is 12.3. The Labute approximate surface area is 132 Å². The molecule has 2 N–H and O–H groups in total. The number of fused-ring (bicyclic) bond motifs is 1. The molecule has 6 heteroatoms. The summed E-state index contributed by atoms with van der Waals surface area (Å²) in [6.45, 7) is 2.44. The zero-order valence-corrected chi connectivity index (χ0v) is 13.2. The van der Waals surface area contributed by atoms with E-state index in [9.17, 15) is 4.79 Å². The van der Waals surface area contributed by atoms with Crippen LogP contribution in [0.15, 0.2) is 35.4 Å². The molecule has 1 unspecified atom stereocenters. The Bertz CT molecular complexity index is 636. The van der Waals surface area contributed by atoms with Gasteiger partial charge in [0.2, 0.25) is 5.91 Å². The van der Waals surface area contributed by atoms with Crippen molar-refractivity contribution in [2.75, 3.05) is 13.2 Å². The number of aliphatic hydroxyl groups is 1. The standard InChI is InChI=1S/C15H17ClN2O2S/c1-10(15(20)18-6-2-8-19)21-14-5-7-17-13-9-11(16)3-4-12(13)14/h3-5,7,9-10,19H,2,6,8H2,1H3,(H,18,20). The van der Waals surface area contributed by atoms with Gasteiger partial charge in [-0.15, -0.1) is 11.8 Å². The number of hydrogen-bond donors (Lipinski definition) is 2. The number of benzene rings is 1. The molecule has 0 saturated heterocycles. The van der Waals surface area contributed by atoms with E-state index in [4.69, 9.17) is 16.7 Å². The number of nitrogens with one attached hydrogen (secondary N) is 1. The van der Waals surface area contributed by atoms with Crippen molar-refractivity contribution in [1.29, 1.82) is 0 Å². The van der Waals surface area contributed by atoms with Gasteiger partial charge in [0.25, 0.3) is 0 Å². The average molecular weight is 325 g/mol. The minimum Gasteiger partial charge on any atom is -0.396 e. The first-order valence-corrected chi connectivity index (χ1v) is 7.97. The van der Waals surface area contributed by atoms with E-state index in [1.54, 1.807) is 6.20 Å². The first kappa shape index (κ1) is 16.1. The van der Waals surface area contributed by atoms with E-state index in [1.165, 1.54) is 11.8 Å². The highest BCUT2D eigenvalue weighted by atomic mass is 35.5. The molecule has 1 aromatic carbocycles. The molecule has 0 fully saturated rings. The van der Waals surface area contributed by atoms with Crippen molar-refractivity contribution < 1.29 is 9.90 Å². The summed E-state index contributed by atoms with van der Waals surface area (Å²) >= 11 is 7.45. The maximum Gasteiger partial charge on any atom is 0.233 e. The van der Waals surface area contributed by atoms with Gasteiger partial charge in [-0.2, -0.15) is 0 Å². The summed E-state index contributed by atoms with van der Waals surface area (Å²) in [6, 6.07) is 7.45. The molecule has 21 heavy (non-hydrogen) atoms. The Morgan fingerprint density at radius 1 is 1.48 bits per heavy atom. The Balaban J connectivity index is 2.10. The highest BCUT2D eigenvalue weighted by Crippen LogP contribution is 2.31. The van der Waals surface area contributed by atoms with Crippen molar-refractivity contribution in [3.63, 3.8) is 0 Å². The number of aromatic nitrogens is 1. The second-order valence-electron chi connectivity index (χ2n) is 4.60. The summed E-state index contributed by atoms with van der Waals surface area (Å²) in [7, 11) is 0. The molecule has 0 radical (unpaired) electrons. The topological polar surface area (TPSA) is 62.2 Å². The first-order valence-electron chi connectivity index (χ1n) is 6.71. The fourth-order valence-electron chi connectivity index (χ4n) is 1.88. The van der Waals surface area contributed by atoms with Crippen molar-refractivity contribution in [2.45, 2.75) is 23.5 Å². The second kappa shape index (κ2) is 7.64. The number of amides is 1. The summed E-state index contributed by atoms with van der Waals surface area (Å²) in [5.74, 6) is -0.0348. The van der Waals surface area contributed by atoms with E-state index in [0.717, 1.165) is 15.8 Å². The molecular weight excluding hydrogens is 308 g/mol. The van der Waals surface area contributed by atoms with E-state index in [1.807, 2.05) is 31.2 Å². The van der Waals surface area contributed by atoms with Gasteiger partial charge in [-0.3, -0.25) is 9.78 Å². The first-order chi connectivity index (χ1) is 10.1. The molecule has 4 nitrogen and oxygen atoms in total. The zero-order valence-electron chi connectivity index (χ0n) is 11.7. The third-order valence-electron chi connectivity index (χ3n) is 2.97. The predicted octanol–water partition coefficient (Wildman–Crippen LogP) is 2.87. The maximum absolute atomic E-state index is 12.0. The minimum absolute atomic E-state index is 0.0348. The van der Waals surface area contributed by atoms with Crippen LogP contribution in [-0.2, 0) is 4.79 Å². The van der Waals surface area contributed by atoms with E-state index in [2.05, 4.69) is 10.3 Å². The van der Waals surface area contributed by atoms with Gasteiger partial charge in [0.1, 0.15) is 0 Å². The molecule has 1 aromatic heterocycles. The van der Waals surface area contributed by atoms with Gasteiger partial charge >= 0.3 is 0 Å². The molecule has 112 valence electrons. The number of rotatable bonds is 6. The lowest BCUT2D eigenvalue weighted by Gasteiger charge is -2.13. The summed E-state index contributed by atoms with van der Waals surface area (Å²) < 4.78 is 0. The maximum atomic E-state index is 12.0. The highest BCUT2D eigenvalue weighted by molar-refractivity contribution is 8.00. The van der Waals surface area contributed by atoms with Crippen LogP contribution in [0.2, 0.25) is 5.02 Å². The van der Waals surface area contributed by atoms with Crippen LogP contribution in [0.1, 0.15) is 13.3 Å². The van der Waals surface area contributed by atoms with Crippen LogP contribution in [0.5, 0.6) is 0 Å². The molecule has 2 aromatic rings. The van der Waals surface area contributed by atoms with Crippen molar-refractivity contribution >= 4 is 40.2 Å². The lowest BCUT2D eigenvalue weighted by atomic mass is 10.2. The van der Waals surface area contributed by atoms with Crippen molar-refractivity contribution in [1.82, 2.24) is 10.3 Å². The summed E-state index contributed by atoms with van der Waals surface area (Å²) in [6.07, 6.45) is 2.29. The van der Waals surface area contributed by atoms with Crippen LogP contribution in [0.25, 0.3) is 10.9 Å². The van der Waals surface area contributed by atoms with E-state index < -0.39 is 0 Å². The molecule has 1 heterocycles. The van der Waals surface area contributed by atoms with Crippen LogP contribution >= 0.6 is 23.4 Å². The number of nitrogens with zero attached hydrogens (tertiary/aromatic N) is 1. The minimum atomic E-state index is -0.218. The van der Waals surface area contributed by atoms with Gasteiger partial charge in [0, 0.05) is 34.7 Å². The Hall–Kier alpha value is -1.30. The summed E-state index contributed by atoms with van der Waals surface area (Å²) in [5.41, 5.74) is 0.820. The zero-order chi connectivity index (χ0) is 15.2. The quantitative estimate of drug-likeness (QED) is 0.633. The van der Waals surface area contributed by atoms with Crippen LogP contribution in [-0.4, -0.2) is 34.4 Å². The fraction of sp³-hybridized carbons (Fsp3) is 0.333. The number of aliphatic hydroxyl groups excluding tert-OH is 1. The molecule has 2 rings (SSSR count). The molecule has 0 spiro atoms. The molecule has 1 amide bonds. The largest absolute Gasteiger partial charge is 0.396 e. The average Bonchev–Trinajstić information content (AvgIpc) is 2.47. The number of hydrogen-bond acceptors (Lipinski definition) is 4. The molecule has 1 atom stereocenters. The number of carbonyl (C=O) groups is 1. The van der Waals surface area contributed by atoms with Gasteiger partial charge < -0.3 is 10.4 Å². The Kier molecular flexibility index (Phi) is 5.85. The number of halogens is 1. The van der Waals surface area contributed by atoms with E-state index >= 15 is 0 Å². The number of carbonyl (C=O) groups excluding carboxylic acids is 1. The molecule has 0 bridgehead atoms. The monoisotopic (exact) mass is 324 g/mol. The van der Waals surface area contributed by atoms with Gasteiger partial charge in [0.15, 0.2) is 0 Å². The number of thioether (sulfide) groups is 1. The van der Waals surface area contributed by atoms with Crippen LogP contribution in [0.4, 0.5) is 0 Å². The molecule has 0 saturated carbocycles. The lowest BCUT2D eigenvalue weighted by molar-refractivity contribution is -0.120. The predicted molar refractivity (Wildman–Crippen MR) is 86.8 cm³/mol. The van der Waals surface area contributed by atoms with Crippen LogP contribution in [0, 0.1) is 0 Å². The van der Waals surface area contributed by atoms with E-state index in [0.29, 0.717) is 18.0 Å². The van der Waals surface area contributed by atoms with Gasteiger partial charge in [-0.1, -0.05) is 17.7 Å². The Morgan fingerprint density at radius 3 is 3.05 bits per heavy atom. The highest BCUT2D eigenvalue weighted by Gasteiger charge is 2.15. The molecule has 0 aliphatic rings. The smallest absolute Gasteiger partial charge is 0.233 e. The van der Waals surface area contributed by atoms with Gasteiger partial charge in [0.05, 0.1) is 10.8 Å². The fourth-order valence-corrected chi connectivity index (χ4v) is 3.05. The second-order valence-corrected chi connectivity index (χ2v) is 6.42. The summed E-state index contributed by atoms with van der Waals surface area (Å²) in [5, 5.41) is 12.9. The molecule has 0 aliphatic carbocycles. The van der Waals surface area contributed by atoms with Crippen LogP contribution < -0.4 is 5.32 Å². The number of pyridine rings is 1. The van der Waals surface area contributed by atoms with Crippen molar-refractivity contribution in [3.8, 4) is 0 Å². The van der Waals surface area contributed by atoms with E-state index in [-0.39, 0.29) is 17.8 Å². The Morgan fingerprint density at radius 2 is 2.29 bits per heavy atom. The van der Waals surface area contributed by atoms with Crippen LogP contribution in [0.3, 0.4) is 0 Å². The molecular formula is C15H17ClN2O2S. The third kappa shape index (κ3) is 4.33. The van der Waals surface area contributed by atoms with Crippen molar-refractivity contribution in [3.05, 3.63) is 35.5 Å². The lowest BCUT2D eigenvalue weighted by Crippen LogP contribution is -2.31. The van der Waals surface area contributed by atoms with Crippen molar-refractivity contribution in [2.24, 2.45) is 0 Å².